The molecule has 0 heterocycles. The fraction of sp³-hybridized carbons (Fsp3) is 0.647. The van der Waals surface area contributed by atoms with E-state index in [-0.39, 0.29) is 0 Å². The van der Waals surface area contributed by atoms with Crippen molar-refractivity contribution in [3.63, 3.8) is 0 Å². The molecule has 2 unspecified atom stereocenters. The standard InChI is InChI=1S/C17H26ClN/c1-2-19-13-16-10-5-3-4-8-14(16)12-15-9-6-7-11-17(15)18/h6-7,9,11,14,16,19H,2-5,8,10,12-13H2,1H3. The van der Waals surface area contributed by atoms with Crippen molar-refractivity contribution in [2.45, 2.75) is 45.4 Å². The lowest BCUT2D eigenvalue weighted by atomic mass is 9.83. The predicted molar refractivity (Wildman–Crippen MR) is 83.8 cm³/mol. The van der Waals surface area contributed by atoms with Crippen LogP contribution in [0.2, 0.25) is 5.02 Å². The fourth-order valence-electron chi connectivity index (χ4n) is 3.27. The molecule has 1 aliphatic carbocycles. The van der Waals surface area contributed by atoms with Gasteiger partial charge in [0, 0.05) is 5.02 Å². The van der Waals surface area contributed by atoms with E-state index < -0.39 is 0 Å². The molecule has 1 saturated carbocycles. The van der Waals surface area contributed by atoms with Crippen LogP contribution in [0.3, 0.4) is 0 Å². The normalized spacial score (nSPS) is 24.1. The second kappa shape index (κ2) is 7.91. The van der Waals surface area contributed by atoms with Gasteiger partial charge in [0.05, 0.1) is 0 Å². The molecule has 1 fully saturated rings. The smallest absolute Gasteiger partial charge is 0.0438 e. The van der Waals surface area contributed by atoms with Crippen molar-refractivity contribution in [1.29, 1.82) is 0 Å². The summed E-state index contributed by atoms with van der Waals surface area (Å²) >= 11 is 6.32. The molecule has 2 atom stereocenters. The third-order valence-electron chi connectivity index (χ3n) is 4.41. The molecule has 0 aromatic heterocycles. The van der Waals surface area contributed by atoms with Gasteiger partial charge >= 0.3 is 0 Å². The third kappa shape index (κ3) is 4.50. The molecule has 0 amide bonds. The van der Waals surface area contributed by atoms with Crippen LogP contribution in [0.1, 0.15) is 44.6 Å². The Hall–Kier alpha value is -0.530. The molecule has 19 heavy (non-hydrogen) atoms. The van der Waals surface area contributed by atoms with E-state index in [1.807, 2.05) is 12.1 Å². The highest BCUT2D eigenvalue weighted by atomic mass is 35.5. The highest BCUT2D eigenvalue weighted by molar-refractivity contribution is 6.31. The lowest BCUT2D eigenvalue weighted by Gasteiger charge is -2.26. The van der Waals surface area contributed by atoms with Crippen LogP contribution in [-0.4, -0.2) is 13.1 Å². The Morgan fingerprint density at radius 3 is 2.58 bits per heavy atom. The zero-order chi connectivity index (χ0) is 13.5. The van der Waals surface area contributed by atoms with Gasteiger partial charge in [-0.2, -0.15) is 0 Å². The number of benzene rings is 1. The minimum atomic E-state index is 0.793. The molecule has 1 aliphatic rings. The Kier molecular flexibility index (Phi) is 6.19. The molecular weight excluding hydrogens is 254 g/mol. The molecule has 1 nitrogen and oxygen atoms in total. The summed E-state index contributed by atoms with van der Waals surface area (Å²) in [6.45, 7) is 4.45. The number of hydrogen-bond donors (Lipinski definition) is 1. The maximum Gasteiger partial charge on any atom is 0.0438 e. The van der Waals surface area contributed by atoms with Crippen LogP contribution in [0.5, 0.6) is 0 Å². The lowest BCUT2D eigenvalue weighted by molar-refractivity contribution is 0.299. The van der Waals surface area contributed by atoms with Gasteiger partial charge < -0.3 is 5.32 Å². The lowest BCUT2D eigenvalue weighted by Crippen LogP contribution is -2.28. The van der Waals surface area contributed by atoms with Crippen molar-refractivity contribution in [1.82, 2.24) is 5.32 Å². The van der Waals surface area contributed by atoms with Crippen LogP contribution in [0.15, 0.2) is 24.3 Å². The number of halogens is 1. The molecule has 2 heteroatoms. The van der Waals surface area contributed by atoms with Crippen LogP contribution in [0, 0.1) is 11.8 Å². The highest BCUT2D eigenvalue weighted by Crippen LogP contribution is 2.32. The molecule has 106 valence electrons. The van der Waals surface area contributed by atoms with E-state index in [4.69, 9.17) is 11.6 Å². The SMILES string of the molecule is CCNCC1CCCCCC1Cc1ccccc1Cl. The van der Waals surface area contributed by atoms with Crippen LogP contribution >= 0.6 is 11.6 Å². The summed E-state index contributed by atoms with van der Waals surface area (Å²) in [5.74, 6) is 1.61. The first-order valence-corrected chi connectivity index (χ1v) is 8.13. The molecule has 1 N–H and O–H groups in total. The minimum Gasteiger partial charge on any atom is -0.317 e. The van der Waals surface area contributed by atoms with Crippen LogP contribution in [0.25, 0.3) is 0 Å². The fourth-order valence-corrected chi connectivity index (χ4v) is 3.49. The van der Waals surface area contributed by atoms with E-state index in [1.165, 1.54) is 44.2 Å². The summed E-state index contributed by atoms with van der Waals surface area (Å²) in [4.78, 5) is 0. The molecule has 0 radical (unpaired) electrons. The Morgan fingerprint density at radius 1 is 1.11 bits per heavy atom. The average molecular weight is 280 g/mol. The van der Waals surface area contributed by atoms with E-state index in [9.17, 15) is 0 Å². The number of hydrogen-bond acceptors (Lipinski definition) is 1. The van der Waals surface area contributed by atoms with Crippen molar-refractivity contribution >= 4 is 11.6 Å². The topological polar surface area (TPSA) is 12.0 Å². The van der Waals surface area contributed by atoms with Gasteiger partial charge in [-0.05, 0) is 55.8 Å². The van der Waals surface area contributed by atoms with Gasteiger partial charge in [0.1, 0.15) is 0 Å². The summed E-state index contributed by atoms with van der Waals surface area (Å²) in [5.41, 5.74) is 1.33. The zero-order valence-electron chi connectivity index (χ0n) is 12.0. The molecule has 0 spiro atoms. The predicted octanol–water partition coefficient (Wildman–Crippen LogP) is 4.69. The van der Waals surface area contributed by atoms with Crippen molar-refractivity contribution in [2.75, 3.05) is 13.1 Å². The summed E-state index contributed by atoms with van der Waals surface area (Å²) in [6.07, 6.45) is 8.08. The van der Waals surface area contributed by atoms with Gasteiger partial charge in [0.25, 0.3) is 0 Å². The Bertz CT molecular complexity index is 377. The first-order valence-electron chi connectivity index (χ1n) is 7.75. The second-order valence-electron chi connectivity index (χ2n) is 5.76. The maximum absolute atomic E-state index is 6.32. The maximum atomic E-state index is 6.32. The Morgan fingerprint density at radius 2 is 1.84 bits per heavy atom. The molecule has 0 saturated heterocycles. The molecule has 0 bridgehead atoms. The molecule has 1 aromatic rings. The average Bonchev–Trinajstić information content (AvgIpc) is 2.64. The number of nitrogens with one attached hydrogen (secondary N) is 1. The van der Waals surface area contributed by atoms with Crippen LogP contribution < -0.4 is 5.32 Å². The van der Waals surface area contributed by atoms with Crippen molar-refractivity contribution < 1.29 is 0 Å². The van der Waals surface area contributed by atoms with Crippen molar-refractivity contribution in [2.24, 2.45) is 11.8 Å². The summed E-state index contributed by atoms with van der Waals surface area (Å²) in [5, 5.41) is 4.48. The minimum absolute atomic E-state index is 0.793. The Balaban J connectivity index is 2.03. The monoisotopic (exact) mass is 279 g/mol. The van der Waals surface area contributed by atoms with E-state index in [2.05, 4.69) is 24.4 Å². The largest absolute Gasteiger partial charge is 0.317 e. The third-order valence-corrected chi connectivity index (χ3v) is 4.78. The highest BCUT2D eigenvalue weighted by Gasteiger charge is 2.24. The van der Waals surface area contributed by atoms with Crippen molar-refractivity contribution in [3.8, 4) is 0 Å². The van der Waals surface area contributed by atoms with Gasteiger partial charge in [-0.25, -0.2) is 0 Å². The molecule has 1 aromatic carbocycles. The quantitative estimate of drug-likeness (QED) is 0.771. The number of rotatable bonds is 5. The first kappa shape index (κ1) is 14.9. The molecular formula is C17H26ClN. The summed E-state index contributed by atoms with van der Waals surface area (Å²) < 4.78 is 0. The summed E-state index contributed by atoms with van der Waals surface area (Å²) in [6, 6.07) is 8.34. The summed E-state index contributed by atoms with van der Waals surface area (Å²) in [7, 11) is 0. The molecule has 2 rings (SSSR count). The van der Waals surface area contributed by atoms with Gasteiger partial charge in [-0.3, -0.25) is 0 Å². The van der Waals surface area contributed by atoms with Gasteiger partial charge in [0.2, 0.25) is 0 Å². The van der Waals surface area contributed by atoms with Crippen molar-refractivity contribution in [3.05, 3.63) is 34.9 Å². The second-order valence-corrected chi connectivity index (χ2v) is 6.17. The zero-order valence-corrected chi connectivity index (χ0v) is 12.8. The van der Waals surface area contributed by atoms with Crippen LogP contribution in [-0.2, 0) is 6.42 Å². The first-order chi connectivity index (χ1) is 9.31. The van der Waals surface area contributed by atoms with Gasteiger partial charge in [-0.1, -0.05) is 56.0 Å². The Labute approximate surface area is 122 Å². The van der Waals surface area contributed by atoms with E-state index in [1.54, 1.807) is 0 Å². The van der Waals surface area contributed by atoms with Gasteiger partial charge in [-0.15, -0.1) is 0 Å². The van der Waals surface area contributed by atoms with Gasteiger partial charge in [0.15, 0.2) is 0 Å². The van der Waals surface area contributed by atoms with E-state index in [0.717, 1.165) is 29.8 Å². The van der Waals surface area contributed by atoms with Crippen LogP contribution in [0.4, 0.5) is 0 Å². The van der Waals surface area contributed by atoms with E-state index >= 15 is 0 Å². The van der Waals surface area contributed by atoms with E-state index in [0.29, 0.717) is 0 Å². The molecule has 0 aliphatic heterocycles.